The van der Waals surface area contributed by atoms with E-state index in [1.54, 1.807) is 32.0 Å². The van der Waals surface area contributed by atoms with Crippen LogP contribution in [-0.2, 0) is 0 Å². The molecule has 6 heteroatoms. The van der Waals surface area contributed by atoms with Crippen molar-refractivity contribution in [2.75, 3.05) is 5.32 Å². The molecule has 0 fully saturated rings. The SMILES string of the molecule is Cc1cc(C(=O)O)cc(C)c1NC(=O)c1cc(-c2cccc(Cl)c2)ccc1Cl. The number of aromatic carboxylic acids is 1. The van der Waals surface area contributed by atoms with Gasteiger partial charge in [0.05, 0.1) is 16.1 Å². The van der Waals surface area contributed by atoms with Gasteiger partial charge in [-0.25, -0.2) is 4.79 Å². The summed E-state index contributed by atoms with van der Waals surface area (Å²) in [5, 5.41) is 12.9. The molecule has 142 valence electrons. The quantitative estimate of drug-likeness (QED) is 0.532. The zero-order chi connectivity index (χ0) is 20.4. The minimum Gasteiger partial charge on any atom is -0.478 e. The maximum Gasteiger partial charge on any atom is 0.335 e. The largest absolute Gasteiger partial charge is 0.478 e. The number of nitrogens with one attached hydrogen (secondary N) is 1. The number of hydrogen-bond donors (Lipinski definition) is 2. The van der Waals surface area contributed by atoms with Crippen molar-refractivity contribution in [3.63, 3.8) is 0 Å². The van der Waals surface area contributed by atoms with Crippen LogP contribution in [0.2, 0.25) is 10.0 Å². The molecule has 1 amide bonds. The zero-order valence-corrected chi connectivity index (χ0v) is 16.7. The maximum absolute atomic E-state index is 12.9. The van der Waals surface area contributed by atoms with E-state index in [-0.39, 0.29) is 11.5 Å². The first kappa shape index (κ1) is 19.9. The minimum atomic E-state index is -1.01. The van der Waals surface area contributed by atoms with Crippen LogP contribution in [0.4, 0.5) is 5.69 Å². The summed E-state index contributed by atoms with van der Waals surface area (Å²) >= 11 is 12.3. The number of halogens is 2. The molecule has 3 aromatic carbocycles. The minimum absolute atomic E-state index is 0.175. The summed E-state index contributed by atoms with van der Waals surface area (Å²) in [6, 6.07) is 15.6. The lowest BCUT2D eigenvalue weighted by molar-refractivity contribution is 0.0696. The lowest BCUT2D eigenvalue weighted by Gasteiger charge is -2.14. The molecule has 0 saturated carbocycles. The van der Waals surface area contributed by atoms with Crippen LogP contribution in [0.15, 0.2) is 54.6 Å². The summed E-state index contributed by atoms with van der Waals surface area (Å²) in [4.78, 5) is 24.1. The van der Waals surface area contributed by atoms with Crippen LogP contribution in [0.25, 0.3) is 11.1 Å². The van der Waals surface area contributed by atoms with Crippen molar-refractivity contribution in [1.29, 1.82) is 0 Å². The highest BCUT2D eigenvalue weighted by Gasteiger charge is 2.16. The number of carboxylic acids is 1. The maximum atomic E-state index is 12.9. The van der Waals surface area contributed by atoms with Gasteiger partial charge in [0.25, 0.3) is 5.91 Å². The highest BCUT2D eigenvalue weighted by molar-refractivity contribution is 6.34. The van der Waals surface area contributed by atoms with Gasteiger partial charge in [-0.3, -0.25) is 4.79 Å². The summed E-state index contributed by atoms with van der Waals surface area (Å²) < 4.78 is 0. The van der Waals surface area contributed by atoms with Crippen molar-refractivity contribution in [3.05, 3.63) is 86.9 Å². The van der Waals surface area contributed by atoms with E-state index in [4.69, 9.17) is 28.3 Å². The predicted octanol–water partition coefficient (Wildman–Crippen LogP) is 6.23. The van der Waals surface area contributed by atoms with Gasteiger partial charge in [-0.15, -0.1) is 0 Å². The van der Waals surface area contributed by atoms with Gasteiger partial charge in [0.2, 0.25) is 0 Å². The molecule has 0 bridgehead atoms. The third-order valence-electron chi connectivity index (χ3n) is 4.39. The van der Waals surface area contributed by atoms with Gasteiger partial charge < -0.3 is 10.4 Å². The van der Waals surface area contributed by atoms with Gasteiger partial charge in [-0.05, 0) is 72.5 Å². The van der Waals surface area contributed by atoms with Crippen molar-refractivity contribution in [2.24, 2.45) is 0 Å². The van der Waals surface area contributed by atoms with Crippen LogP contribution in [-0.4, -0.2) is 17.0 Å². The second kappa shape index (κ2) is 8.05. The first-order valence-electron chi connectivity index (χ1n) is 8.47. The standard InChI is InChI=1S/C22H17Cl2NO3/c1-12-8-16(22(27)28)9-13(2)20(12)25-21(26)18-11-15(6-7-19(18)24)14-4-3-5-17(23)10-14/h3-11H,1-2H3,(H,25,26)(H,27,28). The molecule has 0 spiro atoms. The number of anilines is 1. The van der Waals surface area contributed by atoms with Crippen molar-refractivity contribution in [2.45, 2.75) is 13.8 Å². The Bertz CT molecular complexity index is 1070. The van der Waals surface area contributed by atoms with Crippen LogP contribution in [0.3, 0.4) is 0 Å². The van der Waals surface area contributed by atoms with Crippen LogP contribution >= 0.6 is 23.2 Å². The highest BCUT2D eigenvalue weighted by atomic mass is 35.5. The monoisotopic (exact) mass is 413 g/mol. The Balaban J connectivity index is 1.95. The van der Waals surface area contributed by atoms with E-state index in [1.807, 2.05) is 24.3 Å². The highest BCUT2D eigenvalue weighted by Crippen LogP contribution is 2.29. The molecule has 2 N–H and O–H groups in total. The van der Waals surface area contributed by atoms with E-state index in [1.165, 1.54) is 12.1 Å². The van der Waals surface area contributed by atoms with Crippen molar-refractivity contribution < 1.29 is 14.7 Å². The number of carboxylic acid groups (broad SMARTS) is 1. The molecule has 0 atom stereocenters. The van der Waals surface area contributed by atoms with Gasteiger partial charge in [-0.2, -0.15) is 0 Å². The number of carbonyl (C=O) groups excluding carboxylic acids is 1. The first-order chi connectivity index (χ1) is 13.3. The summed E-state index contributed by atoms with van der Waals surface area (Å²) in [5.74, 6) is -1.38. The van der Waals surface area contributed by atoms with Gasteiger partial charge >= 0.3 is 5.97 Å². The Morgan fingerprint density at radius 2 is 1.54 bits per heavy atom. The molecule has 4 nitrogen and oxygen atoms in total. The smallest absolute Gasteiger partial charge is 0.335 e. The summed E-state index contributed by atoms with van der Waals surface area (Å²) in [6.07, 6.45) is 0. The molecule has 3 rings (SSSR count). The third-order valence-corrected chi connectivity index (χ3v) is 4.95. The number of hydrogen-bond acceptors (Lipinski definition) is 2. The number of amides is 1. The van der Waals surface area contributed by atoms with Crippen molar-refractivity contribution in [3.8, 4) is 11.1 Å². The second-order valence-corrected chi connectivity index (χ2v) is 7.29. The van der Waals surface area contributed by atoms with E-state index in [0.717, 1.165) is 11.1 Å². The number of benzene rings is 3. The van der Waals surface area contributed by atoms with Crippen molar-refractivity contribution in [1.82, 2.24) is 0 Å². The average Bonchev–Trinajstić information content (AvgIpc) is 2.64. The van der Waals surface area contributed by atoms with E-state index < -0.39 is 5.97 Å². The fourth-order valence-electron chi connectivity index (χ4n) is 3.01. The number of aryl methyl sites for hydroxylation is 2. The molecular formula is C22H17Cl2NO3. The lowest BCUT2D eigenvalue weighted by Crippen LogP contribution is -2.15. The molecule has 0 aliphatic heterocycles. The second-order valence-electron chi connectivity index (χ2n) is 6.45. The lowest BCUT2D eigenvalue weighted by atomic mass is 10.0. The molecule has 0 heterocycles. The summed E-state index contributed by atoms with van der Waals surface area (Å²) in [5.41, 5.74) is 4.07. The summed E-state index contributed by atoms with van der Waals surface area (Å²) in [6.45, 7) is 3.50. The Labute approximate surface area is 172 Å². The topological polar surface area (TPSA) is 66.4 Å². The fraction of sp³-hybridized carbons (Fsp3) is 0.0909. The van der Waals surface area contributed by atoms with Crippen LogP contribution in [0, 0.1) is 13.8 Å². The number of rotatable bonds is 4. The molecule has 0 unspecified atom stereocenters. The molecule has 0 aliphatic rings. The van der Waals surface area contributed by atoms with Gasteiger partial charge in [0.1, 0.15) is 0 Å². The molecular weight excluding hydrogens is 397 g/mol. The van der Waals surface area contributed by atoms with Crippen LogP contribution in [0.1, 0.15) is 31.8 Å². The summed E-state index contributed by atoms with van der Waals surface area (Å²) in [7, 11) is 0. The molecule has 3 aromatic rings. The predicted molar refractivity (Wildman–Crippen MR) is 113 cm³/mol. The van der Waals surface area contributed by atoms with Gasteiger partial charge in [-0.1, -0.05) is 41.4 Å². The number of carbonyl (C=O) groups is 2. The first-order valence-corrected chi connectivity index (χ1v) is 9.23. The van der Waals surface area contributed by atoms with Crippen LogP contribution < -0.4 is 5.32 Å². The van der Waals surface area contributed by atoms with Gasteiger partial charge in [0, 0.05) is 10.7 Å². The Kier molecular flexibility index (Phi) is 5.73. The van der Waals surface area contributed by atoms with E-state index >= 15 is 0 Å². The van der Waals surface area contributed by atoms with E-state index in [2.05, 4.69) is 5.32 Å². The Morgan fingerprint density at radius 1 is 0.893 bits per heavy atom. The van der Waals surface area contributed by atoms with Gasteiger partial charge in [0.15, 0.2) is 0 Å². The Morgan fingerprint density at radius 3 is 2.14 bits per heavy atom. The fourth-order valence-corrected chi connectivity index (χ4v) is 3.41. The molecule has 0 saturated heterocycles. The van der Waals surface area contributed by atoms with Crippen molar-refractivity contribution >= 4 is 40.8 Å². The zero-order valence-electron chi connectivity index (χ0n) is 15.2. The normalized spacial score (nSPS) is 10.6. The van der Waals surface area contributed by atoms with E-state index in [9.17, 15) is 9.59 Å². The third kappa shape index (κ3) is 4.19. The molecule has 28 heavy (non-hydrogen) atoms. The van der Waals surface area contributed by atoms with Crippen LogP contribution in [0.5, 0.6) is 0 Å². The molecule has 0 aromatic heterocycles. The molecule has 0 radical (unpaired) electrons. The molecule has 0 aliphatic carbocycles. The Hall–Kier alpha value is -2.82. The van der Waals surface area contributed by atoms with E-state index in [0.29, 0.717) is 32.4 Å². The average molecular weight is 414 g/mol.